The van der Waals surface area contributed by atoms with Crippen LogP contribution in [0.1, 0.15) is 46.5 Å². The fourth-order valence-corrected chi connectivity index (χ4v) is 3.14. The van der Waals surface area contributed by atoms with Crippen molar-refractivity contribution in [1.29, 1.82) is 0 Å². The van der Waals surface area contributed by atoms with Gasteiger partial charge in [-0.15, -0.1) is 0 Å². The van der Waals surface area contributed by atoms with Gasteiger partial charge >= 0.3 is 0 Å². The lowest BCUT2D eigenvalue weighted by Crippen LogP contribution is -2.73. The molecule has 0 atom stereocenters. The Morgan fingerprint density at radius 3 is 2.47 bits per heavy atom. The number of carbonyl (C=O) groups is 2. The molecule has 1 saturated heterocycles. The van der Waals surface area contributed by atoms with Crippen LogP contribution >= 0.6 is 11.6 Å². The van der Waals surface area contributed by atoms with Crippen molar-refractivity contribution in [2.75, 3.05) is 6.54 Å². The molecule has 1 aliphatic carbocycles. The van der Waals surface area contributed by atoms with Crippen LogP contribution in [0.2, 0.25) is 0 Å². The van der Waals surface area contributed by atoms with Gasteiger partial charge in [0.15, 0.2) is 0 Å². The zero-order valence-corrected chi connectivity index (χ0v) is 12.5. The predicted octanol–water partition coefficient (Wildman–Crippen LogP) is 2.18. The van der Waals surface area contributed by atoms with Crippen LogP contribution in [0.5, 0.6) is 0 Å². The van der Waals surface area contributed by atoms with E-state index in [1.807, 2.05) is 6.92 Å². The molecule has 0 radical (unpaired) electrons. The second-order valence-electron chi connectivity index (χ2n) is 6.16. The summed E-state index contributed by atoms with van der Waals surface area (Å²) < 4.78 is 0. The summed E-state index contributed by atoms with van der Waals surface area (Å²) >= 11 is 5.72. The number of carbonyl (C=O) groups excluding carboxylic acids is 2. The molecule has 1 spiro atoms. The van der Waals surface area contributed by atoms with Gasteiger partial charge < -0.3 is 10.2 Å². The summed E-state index contributed by atoms with van der Waals surface area (Å²) in [6, 6.07) is 0. The fourth-order valence-electron chi connectivity index (χ4n) is 3.07. The van der Waals surface area contributed by atoms with Gasteiger partial charge in [-0.05, 0) is 39.2 Å². The Kier molecular flexibility index (Phi) is 3.65. The molecule has 0 unspecified atom stereocenters. The maximum Gasteiger partial charge on any atom is 0.248 e. The molecule has 2 amide bonds. The average Bonchev–Trinajstić information content (AvgIpc) is 2.83. The molecule has 5 heteroatoms. The van der Waals surface area contributed by atoms with Gasteiger partial charge in [-0.3, -0.25) is 9.59 Å². The first-order valence-electron chi connectivity index (χ1n) is 6.74. The van der Waals surface area contributed by atoms with E-state index in [9.17, 15) is 9.59 Å². The van der Waals surface area contributed by atoms with Gasteiger partial charge in [0.25, 0.3) is 0 Å². The quantitative estimate of drug-likeness (QED) is 0.845. The Morgan fingerprint density at radius 2 is 1.95 bits per heavy atom. The third-order valence-electron chi connectivity index (χ3n) is 4.17. The van der Waals surface area contributed by atoms with Crippen LogP contribution in [-0.2, 0) is 9.59 Å². The minimum Gasteiger partial charge on any atom is -0.340 e. The Labute approximate surface area is 119 Å². The molecule has 0 aromatic carbocycles. The smallest absolute Gasteiger partial charge is 0.248 e. The minimum absolute atomic E-state index is 0.0167. The lowest BCUT2D eigenvalue weighted by atomic mass is 9.85. The number of hydrogen-bond donors (Lipinski definition) is 1. The molecule has 1 saturated carbocycles. The number of rotatable bonds is 2. The van der Waals surface area contributed by atoms with Crippen LogP contribution in [0.25, 0.3) is 0 Å². The third-order valence-corrected chi connectivity index (χ3v) is 4.54. The molecule has 1 aliphatic heterocycles. The first-order valence-corrected chi connectivity index (χ1v) is 7.18. The van der Waals surface area contributed by atoms with Crippen molar-refractivity contribution in [3.05, 3.63) is 11.1 Å². The van der Waals surface area contributed by atoms with Crippen molar-refractivity contribution >= 4 is 23.4 Å². The van der Waals surface area contributed by atoms with E-state index < -0.39 is 11.1 Å². The van der Waals surface area contributed by atoms with Crippen LogP contribution in [0.4, 0.5) is 0 Å². The third kappa shape index (κ3) is 2.27. The molecule has 2 aliphatic rings. The number of amides is 2. The average molecular weight is 285 g/mol. The predicted molar refractivity (Wildman–Crippen MR) is 74.7 cm³/mol. The van der Waals surface area contributed by atoms with E-state index >= 15 is 0 Å². The van der Waals surface area contributed by atoms with E-state index in [-0.39, 0.29) is 11.8 Å². The Morgan fingerprint density at radius 1 is 1.37 bits per heavy atom. The lowest BCUT2D eigenvalue weighted by Gasteiger charge is -2.49. The highest BCUT2D eigenvalue weighted by molar-refractivity contribution is 6.25. The molecule has 2 rings (SSSR count). The van der Waals surface area contributed by atoms with Crippen molar-refractivity contribution in [2.45, 2.75) is 57.5 Å². The normalized spacial score (nSPS) is 25.9. The minimum atomic E-state index is -0.836. The van der Waals surface area contributed by atoms with Gasteiger partial charge in [-0.1, -0.05) is 24.4 Å². The van der Waals surface area contributed by atoms with Gasteiger partial charge in [0.05, 0.1) is 0 Å². The van der Waals surface area contributed by atoms with Gasteiger partial charge in [0.2, 0.25) is 11.8 Å². The standard InChI is InChI=1S/C14H21ClN2O2/c1-10(8-15)9-17-12(19)13(2,3)16-11(18)14(17)6-4-5-7-14/h8H,4-7,9H2,1-3H3,(H,16,18). The van der Waals surface area contributed by atoms with Gasteiger partial charge in [-0.25, -0.2) is 0 Å². The first kappa shape index (κ1) is 14.4. The molecule has 2 fully saturated rings. The number of piperazine rings is 1. The SMILES string of the molecule is CC(=CCl)CN1C(=O)C(C)(C)NC(=O)C12CCCC2. The second kappa shape index (κ2) is 4.82. The van der Waals surface area contributed by atoms with E-state index in [1.165, 1.54) is 5.54 Å². The molecule has 106 valence electrons. The zero-order chi connectivity index (χ0) is 14.3. The van der Waals surface area contributed by atoms with Crippen molar-refractivity contribution in [2.24, 2.45) is 0 Å². The van der Waals surface area contributed by atoms with Crippen molar-refractivity contribution < 1.29 is 9.59 Å². The topological polar surface area (TPSA) is 49.4 Å². The Bertz CT molecular complexity index is 437. The molecule has 4 nitrogen and oxygen atoms in total. The zero-order valence-electron chi connectivity index (χ0n) is 11.8. The van der Waals surface area contributed by atoms with Crippen LogP contribution in [0.3, 0.4) is 0 Å². The molecule has 0 aromatic rings. The highest BCUT2D eigenvalue weighted by Gasteiger charge is 2.56. The molecular formula is C14H21ClN2O2. The van der Waals surface area contributed by atoms with Crippen LogP contribution in [0, 0.1) is 0 Å². The van der Waals surface area contributed by atoms with E-state index in [0.717, 1.165) is 31.3 Å². The highest BCUT2D eigenvalue weighted by atomic mass is 35.5. The van der Waals surface area contributed by atoms with E-state index in [1.54, 1.807) is 18.7 Å². The largest absolute Gasteiger partial charge is 0.340 e. The Hall–Kier alpha value is -1.03. The number of nitrogens with one attached hydrogen (secondary N) is 1. The van der Waals surface area contributed by atoms with Crippen molar-refractivity contribution in [3.8, 4) is 0 Å². The van der Waals surface area contributed by atoms with Gasteiger partial charge in [-0.2, -0.15) is 0 Å². The summed E-state index contributed by atoms with van der Waals surface area (Å²) in [7, 11) is 0. The van der Waals surface area contributed by atoms with Gasteiger partial charge in [0, 0.05) is 12.1 Å². The van der Waals surface area contributed by atoms with Crippen molar-refractivity contribution in [3.63, 3.8) is 0 Å². The van der Waals surface area contributed by atoms with Crippen LogP contribution in [0.15, 0.2) is 11.1 Å². The molecule has 0 aromatic heterocycles. The lowest BCUT2D eigenvalue weighted by molar-refractivity contribution is -0.160. The Balaban J connectivity index is 2.40. The summed E-state index contributed by atoms with van der Waals surface area (Å²) in [5.74, 6) is -0.0381. The van der Waals surface area contributed by atoms with E-state index in [2.05, 4.69) is 5.32 Å². The molecule has 1 N–H and O–H groups in total. The number of hydrogen-bond acceptors (Lipinski definition) is 2. The maximum atomic E-state index is 12.6. The van der Waals surface area contributed by atoms with Gasteiger partial charge in [0.1, 0.15) is 11.1 Å². The van der Waals surface area contributed by atoms with Crippen LogP contribution in [-0.4, -0.2) is 34.3 Å². The maximum absolute atomic E-state index is 12.6. The van der Waals surface area contributed by atoms with Crippen LogP contribution < -0.4 is 5.32 Å². The fraction of sp³-hybridized carbons (Fsp3) is 0.714. The second-order valence-corrected chi connectivity index (χ2v) is 6.38. The molecule has 0 bridgehead atoms. The van der Waals surface area contributed by atoms with E-state index in [0.29, 0.717) is 6.54 Å². The summed E-state index contributed by atoms with van der Waals surface area (Å²) in [5.41, 5.74) is 0.882. The summed E-state index contributed by atoms with van der Waals surface area (Å²) in [6.45, 7) is 5.81. The monoisotopic (exact) mass is 284 g/mol. The molecular weight excluding hydrogens is 264 g/mol. The molecule has 19 heavy (non-hydrogen) atoms. The highest BCUT2D eigenvalue weighted by Crippen LogP contribution is 2.40. The molecule has 1 heterocycles. The number of halogens is 1. The van der Waals surface area contributed by atoms with E-state index in [4.69, 9.17) is 11.6 Å². The summed E-state index contributed by atoms with van der Waals surface area (Å²) in [4.78, 5) is 26.9. The summed E-state index contributed by atoms with van der Waals surface area (Å²) in [6.07, 6.45) is 3.47. The first-order chi connectivity index (χ1) is 8.83. The number of nitrogens with zero attached hydrogens (tertiary/aromatic N) is 1. The summed E-state index contributed by atoms with van der Waals surface area (Å²) in [5, 5.41) is 2.88. The van der Waals surface area contributed by atoms with Crippen molar-refractivity contribution in [1.82, 2.24) is 10.2 Å².